The molecule has 0 aliphatic carbocycles. The predicted molar refractivity (Wildman–Crippen MR) is 88.1 cm³/mol. The van der Waals surface area contributed by atoms with Gasteiger partial charge in [0.15, 0.2) is 11.5 Å². The highest BCUT2D eigenvalue weighted by Gasteiger charge is 2.14. The van der Waals surface area contributed by atoms with Crippen molar-refractivity contribution in [1.82, 2.24) is 10.2 Å². The first-order valence-corrected chi connectivity index (χ1v) is 7.72. The maximum absolute atomic E-state index is 9.64. The third-order valence-electron chi connectivity index (χ3n) is 3.85. The SMILES string of the molecule is COc1cc(C(C)NCCN(C(C)C)C(C)C)ccc1O. The lowest BCUT2D eigenvalue weighted by atomic mass is 10.1. The standard InChI is InChI=1S/C17H30N2O2/c1-12(2)19(13(3)4)10-9-18-14(5)15-7-8-16(20)17(11-15)21-6/h7-8,11-14,18,20H,9-10H2,1-6H3. The molecule has 0 aromatic heterocycles. The molecule has 1 aromatic carbocycles. The van der Waals surface area contributed by atoms with Crippen LogP contribution in [0.2, 0.25) is 0 Å². The Morgan fingerprint density at radius 1 is 1.14 bits per heavy atom. The van der Waals surface area contributed by atoms with Crippen LogP contribution in [0.1, 0.15) is 46.2 Å². The van der Waals surface area contributed by atoms with Crippen molar-refractivity contribution in [2.75, 3.05) is 20.2 Å². The van der Waals surface area contributed by atoms with E-state index < -0.39 is 0 Å². The molecule has 4 heteroatoms. The van der Waals surface area contributed by atoms with Gasteiger partial charge >= 0.3 is 0 Å². The number of phenols is 1. The van der Waals surface area contributed by atoms with E-state index in [-0.39, 0.29) is 11.8 Å². The molecular weight excluding hydrogens is 264 g/mol. The van der Waals surface area contributed by atoms with Crippen molar-refractivity contribution in [3.63, 3.8) is 0 Å². The van der Waals surface area contributed by atoms with E-state index in [1.54, 1.807) is 13.2 Å². The van der Waals surface area contributed by atoms with Gasteiger partial charge in [-0.2, -0.15) is 0 Å². The third kappa shape index (κ3) is 5.21. The summed E-state index contributed by atoms with van der Waals surface area (Å²) in [6, 6.07) is 6.82. The van der Waals surface area contributed by atoms with Crippen molar-refractivity contribution in [1.29, 1.82) is 0 Å². The molecule has 0 bridgehead atoms. The van der Waals surface area contributed by atoms with Gasteiger partial charge in [-0.05, 0) is 52.3 Å². The number of phenolic OH excluding ortho intramolecular Hbond substituents is 1. The molecule has 2 N–H and O–H groups in total. The van der Waals surface area contributed by atoms with Gasteiger partial charge in [0.1, 0.15) is 0 Å². The quantitative estimate of drug-likeness (QED) is 0.773. The van der Waals surface area contributed by atoms with Crippen molar-refractivity contribution < 1.29 is 9.84 Å². The summed E-state index contributed by atoms with van der Waals surface area (Å²) in [5, 5.41) is 13.2. The molecule has 0 spiro atoms. The lowest BCUT2D eigenvalue weighted by Crippen LogP contribution is -2.41. The van der Waals surface area contributed by atoms with Gasteiger partial charge in [0.25, 0.3) is 0 Å². The van der Waals surface area contributed by atoms with Crippen LogP contribution in [0.3, 0.4) is 0 Å². The van der Waals surface area contributed by atoms with Crippen molar-refractivity contribution >= 4 is 0 Å². The summed E-state index contributed by atoms with van der Waals surface area (Å²) in [4.78, 5) is 2.47. The molecule has 4 nitrogen and oxygen atoms in total. The van der Waals surface area contributed by atoms with E-state index in [4.69, 9.17) is 4.74 Å². The van der Waals surface area contributed by atoms with E-state index in [2.05, 4.69) is 44.8 Å². The highest BCUT2D eigenvalue weighted by atomic mass is 16.5. The number of ether oxygens (including phenoxy) is 1. The van der Waals surface area contributed by atoms with Gasteiger partial charge in [0.2, 0.25) is 0 Å². The molecule has 0 heterocycles. The van der Waals surface area contributed by atoms with Crippen LogP contribution in [0.4, 0.5) is 0 Å². The lowest BCUT2D eigenvalue weighted by molar-refractivity contribution is 0.174. The third-order valence-corrected chi connectivity index (χ3v) is 3.85. The van der Waals surface area contributed by atoms with Crippen LogP contribution in [-0.4, -0.2) is 42.3 Å². The smallest absolute Gasteiger partial charge is 0.160 e. The predicted octanol–water partition coefficient (Wildman–Crippen LogP) is 3.17. The molecule has 1 atom stereocenters. The second-order valence-electron chi connectivity index (χ2n) is 6.03. The molecule has 0 fully saturated rings. The summed E-state index contributed by atoms with van der Waals surface area (Å²) in [7, 11) is 1.57. The van der Waals surface area contributed by atoms with Crippen LogP contribution in [0.5, 0.6) is 11.5 Å². The molecule has 1 rings (SSSR count). The molecule has 0 radical (unpaired) electrons. The summed E-state index contributed by atoms with van der Waals surface area (Å²) in [6.07, 6.45) is 0. The largest absolute Gasteiger partial charge is 0.504 e. The number of rotatable bonds is 8. The Balaban J connectivity index is 2.55. The highest BCUT2D eigenvalue weighted by molar-refractivity contribution is 5.42. The molecule has 0 saturated heterocycles. The van der Waals surface area contributed by atoms with Crippen LogP contribution in [-0.2, 0) is 0 Å². The fourth-order valence-corrected chi connectivity index (χ4v) is 2.60. The molecule has 0 amide bonds. The summed E-state index contributed by atoms with van der Waals surface area (Å²) in [5.74, 6) is 0.700. The van der Waals surface area contributed by atoms with Crippen molar-refractivity contribution in [3.05, 3.63) is 23.8 Å². The Morgan fingerprint density at radius 2 is 1.76 bits per heavy atom. The normalized spacial score (nSPS) is 13.2. The maximum Gasteiger partial charge on any atom is 0.160 e. The second kappa shape index (κ2) is 8.25. The zero-order valence-electron chi connectivity index (χ0n) is 14.2. The number of methoxy groups -OCH3 is 1. The average Bonchev–Trinajstić information content (AvgIpc) is 2.42. The number of hydrogen-bond acceptors (Lipinski definition) is 4. The topological polar surface area (TPSA) is 44.7 Å². The van der Waals surface area contributed by atoms with Gasteiger partial charge in [0.05, 0.1) is 7.11 Å². The summed E-state index contributed by atoms with van der Waals surface area (Å²) < 4.78 is 5.16. The molecule has 1 unspecified atom stereocenters. The molecule has 21 heavy (non-hydrogen) atoms. The van der Waals surface area contributed by atoms with Gasteiger partial charge in [-0.25, -0.2) is 0 Å². The Morgan fingerprint density at radius 3 is 2.29 bits per heavy atom. The minimum absolute atomic E-state index is 0.180. The number of benzene rings is 1. The van der Waals surface area contributed by atoms with Crippen molar-refractivity contribution in [2.45, 2.75) is 52.7 Å². The van der Waals surface area contributed by atoms with E-state index in [0.717, 1.165) is 18.7 Å². The summed E-state index contributed by atoms with van der Waals surface area (Å²) in [5.41, 5.74) is 1.12. The van der Waals surface area contributed by atoms with Crippen LogP contribution in [0.25, 0.3) is 0 Å². The number of hydrogen-bond donors (Lipinski definition) is 2. The van der Waals surface area contributed by atoms with Crippen LogP contribution >= 0.6 is 0 Å². The fourth-order valence-electron chi connectivity index (χ4n) is 2.60. The first kappa shape index (κ1) is 17.8. The molecule has 0 saturated carbocycles. The molecule has 0 aliphatic heterocycles. The Labute approximate surface area is 129 Å². The van der Waals surface area contributed by atoms with E-state index in [0.29, 0.717) is 17.8 Å². The van der Waals surface area contributed by atoms with Gasteiger partial charge in [-0.1, -0.05) is 6.07 Å². The van der Waals surface area contributed by atoms with Crippen LogP contribution in [0.15, 0.2) is 18.2 Å². The van der Waals surface area contributed by atoms with Gasteiger partial charge in [-0.15, -0.1) is 0 Å². The van der Waals surface area contributed by atoms with Gasteiger partial charge < -0.3 is 15.2 Å². The lowest BCUT2D eigenvalue weighted by Gasteiger charge is -2.31. The zero-order chi connectivity index (χ0) is 16.0. The maximum atomic E-state index is 9.64. The summed E-state index contributed by atoms with van der Waals surface area (Å²) >= 11 is 0. The fraction of sp³-hybridized carbons (Fsp3) is 0.647. The Bertz CT molecular complexity index is 425. The highest BCUT2D eigenvalue weighted by Crippen LogP contribution is 2.28. The van der Waals surface area contributed by atoms with Crippen LogP contribution in [0, 0.1) is 0 Å². The summed E-state index contributed by atoms with van der Waals surface area (Å²) in [6.45, 7) is 13.0. The zero-order valence-corrected chi connectivity index (χ0v) is 14.2. The van der Waals surface area contributed by atoms with Crippen LogP contribution < -0.4 is 10.1 Å². The molecule has 120 valence electrons. The minimum Gasteiger partial charge on any atom is -0.504 e. The first-order chi connectivity index (χ1) is 9.86. The van der Waals surface area contributed by atoms with E-state index in [9.17, 15) is 5.11 Å². The molecule has 0 aliphatic rings. The Kier molecular flexibility index (Phi) is 6.99. The first-order valence-electron chi connectivity index (χ1n) is 7.72. The van der Waals surface area contributed by atoms with E-state index in [1.165, 1.54) is 0 Å². The van der Waals surface area contributed by atoms with Gasteiger partial charge in [0, 0.05) is 31.2 Å². The van der Waals surface area contributed by atoms with Crippen molar-refractivity contribution in [3.8, 4) is 11.5 Å². The monoisotopic (exact) mass is 294 g/mol. The number of nitrogens with one attached hydrogen (secondary N) is 1. The number of nitrogens with zero attached hydrogens (tertiary/aromatic N) is 1. The molecule has 1 aromatic rings. The van der Waals surface area contributed by atoms with E-state index >= 15 is 0 Å². The minimum atomic E-state index is 0.180. The molecular formula is C17H30N2O2. The van der Waals surface area contributed by atoms with E-state index in [1.807, 2.05) is 12.1 Å². The second-order valence-corrected chi connectivity index (χ2v) is 6.03. The average molecular weight is 294 g/mol. The van der Waals surface area contributed by atoms with Gasteiger partial charge in [-0.3, -0.25) is 4.90 Å². The number of aromatic hydroxyl groups is 1. The Hall–Kier alpha value is -1.26. The van der Waals surface area contributed by atoms with Crippen molar-refractivity contribution in [2.24, 2.45) is 0 Å².